The number of carboxylic acids is 1. The highest BCUT2D eigenvalue weighted by atomic mass is 79.9. The quantitative estimate of drug-likeness (QED) is 0.943. The van der Waals surface area contributed by atoms with Gasteiger partial charge in [0.25, 0.3) is 0 Å². The number of carbonyl (C=O) groups is 1. The largest absolute Gasteiger partial charge is 0.496 e. The molecule has 0 aliphatic carbocycles. The van der Waals surface area contributed by atoms with E-state index in [1.165, 1.54) is 7.11 Å². The highest BCUT2D eigenvalue weighted by Gasteiger charge is 2.20. The molecule has 17 heavy (non-hydrogen) atoms. The molecule has 0 radical (unpaired) electrons. The van der Waals surface area contributed by atoms with Crippen molar-refractivity contribution in [1.29, 1.82) is 0 Å². The highest BCUT2D eigenvalue weighted by molar-refractivity contribution is 9.10. The van der Waals surface area contributed by atoms with E-state index in [-0.39, 0.29) is 11.3 Å². The molecule has 0 aliphatic heterocycles. The molecule has 0 amide bonds. The minimum absolute atomic E-state index is 0.00130. The summed E-state index contributed by atoms with van der Waals surface area (Å²) < 4.78 is 10.9. The number of nitrogens with zero attached hydrogens (tertiary/aromatic N) is 1. The van der Waals surface area contributed by atoms with Crippen molar-refractivity contribution in [2.24, 2.45) is 0 Å². The van der Waals surface area contributed by atoms with Gasteiger partial charge in [0.2, 0.25) is 0 Å². The number of ether oxygens (including phenoxy) is 1. The second kappa shape index (κ2) is 4.58. The van der Waals surface area contributed by atoms with Crippen molar-refractivity contribution in [1.82, 2.24) is 5.16 Å². The molecule has 2 rings (SSSR count). The van der Waals surface area contributed by atoms with E-state index in [0.717, 1.165) is 10.7 Å². The number of benzene rings is 1. The van der Waals surface area contributed by atoms with Crippen LogP contribution in [0.15, 0.2) is 33.4 Å². The second-order valence-corrected chi connectivity index (χ2v) is 4.13. The fourth-order valence-electron chi connectivity index (χ4n) is 1.44. The van der Waals surface area contributed by atoms with Gasteiger partial charge < -0.3 is 14.4 Å². The van der Waals surface area contributed by atoms with E-state index in [0.29, 0.717) is 11.3 Å². The molecule has 5 nitrogen and oxygen atoms in total. The third-order valence-corrected chi connectivity index (χ3v) is 2.70. The van der Waals surface area contributed by atoms with Crippen LogP contribution in [-0.4, -0.2) is 23.3 Å². The van der Waals surface area contributed by atoms with Crippen LogP contribution >= 0.6 is 15.9 Å². The molecule has 0 saturated carbocycles. The standard InChI is InChI=1S/C11H8BrNO4/c1-16-9-3-2-6(12)4-7(9)10-8(11(14)15)5-13-17-10/h2-5H,1H3,(H,14,15). The van der Waals surface area contributed by atoms with Gasteiger partial charge in [-0.3, -0.25) is 0 Å². The predicted octanol–water partition coefficient (Wildman–Crippen LogP) is 2.81. The molecule has 0 atom stereocenters. The van der Waals surface area contributed by atoms with Gasteiger partial charge in [-0.25, -0.2) is 4.79 Å². The van der Waals surface area contributed by atoms with Crippen LogP contribution in [0.3, 0.4) is 0 Å². The first-order chi connectivity index (χ1) is 8.13. The number of rotatable bonds is 3. The van der Waals surface area contributed by atoms with Crippen molar-refractivity contribution >= 4 is 21.9 Å². The number of aromatic carboxylic acids is 1. The zero-order valence-corrected chi connectivity index (χ0v) is 10.4. The Morgan fingerprint density at radius 3 is 2.94 bits per heavy atom. The summed E-state index contributed by atoms with van der Waals surface area (Å²) in [6.07, 6.45) is 1.16. The molecular weight excluding hydrogens is 290 g/mol. The van der Waals surface area contributed by atoms with Crippen LogP contribution in [-0.2, 0) is 0 Å². The van der Waals surface area contributed by atoms with E-state index in [4.69, 9.17) is 14.4 Å². The lowest BCUT2D eigenvalue weighted by Crippen LogP contribution is -1.97. The number of carboxylic acid groups (broad SMARTS) is 1. The number of aromatic nitrogens is 1. The van der Waals surface area contributed by atoms with Crippen molar-refractivity contribution in [2.75, 3.05) is 7.11 Å². The van der Waals surface area contributed by atoms with Crippen LogP contribution in [0.1, 0.15) is 10.4 Å². The maximum absolute atomic E-state index is 11.0. The molecule has 88 valence electrons. The van der Waals surface area contributed by atoms with Gasteiger partial charge in [0.1, 0.15) is 11.3 Å². The molecule has 1 aromatic carbocycles. The van der Waals surface area contributed by atoms with Crippen molar-refractivity contribution in [3.63, 3.8) is 0 Å². The van der Waals surface area contributed by atoms with Crippen molar-refractivity contribution < 1.29 is 19.2 Å². The topological polar surface area (TPSA) is 72.6 Å². The van der Waals surface area contributed by atoms with E-state index < -0.39 is 5.97 Å². The Morgan fingerprint density at radius 1 is 1.53 bits per heavy atom. The van der Waals surface area contributed by atoms with Crippen molar-refractivity contribution in [2.45, 2.75) is 0 Å². The molecule has 0 spiro atoms. The zero-order chi connectivity index (χ0) is 12.4. The Kier molecular flexibility index (Phi) is 3.14. The summed E-state index contributed by atoms with van der Waals surface area (Å²) in [5, 5.41) is 12.5. The normalized spacial score (nSPS) is 10.2. The Morgan fingerprint density at radius 2 is 2.29 bits per heavy atom. The van der Waals surface area contributed by atoms with Gasteiger partial charge in [0.15, 0.2) is 5.76 Å². The fourth-order valence-corrected chi connectivity index (χ4v) is 1.80. The summed E-state index contributed by atoms with van der Waals surface area (Å²) in [7, 11) is 1.50. The lowest BCUT2D eigenvalue weighted by atomic mass is 10.1. The van der Waals surface area contributed by atoms with Crippen LogP contribution in [0, 0.1) is 0 Å². The first-order valence-electron chi connectivity index (χ1n) is 4.65. The van der Waals surface area contributed by atoms with Gasteiger partial charge in [-0.05, 0) is 18.2 Å². The maximum Gasteiger partial charge on any atom is 0.341 e. The summed E-state index contributed by atoms with van der Waals surface area (Å²) in [5.74, 6) is -0.397. The molecule has 1 N–H and O–H groups in total. The molecule has 2 aromatic rings. The monoisotopic (exact) mass is 297 g/mol. The highest BCUT2D eigenvalue weighted by Crippen LogP contribution is 2.34. The molecule has 6 heteroatoms. The zero-order valence-electron chi connectivity index (χ0n) is 8.81. The number of hydrogen-bond acceptors (Lipinski definition) is 4. The lowest BCUT2D eigenvalue weighted by Gasteiger charge is -2.06. The summed E-state index contributed by atoms with van der Waals surface area (Å²) in [5.41, 5.74) is 0.540. The molecule has 1 heterocycles. The van der Waals surface area contributed by atoms with Crippen LogP contribution < -0.4 is 4.74 Å². The first-order valence-corrected chi connectivity index (χ1v) is 5.44. The molecular formula is C11H8BrNO4. The van der Waals surface area contributed by atoms with Gasteiger partial charge in [-0.2, -0.15) is 0 Å². The number of hydrogen-bond donors (Lipinski definition) is 1. The molecule has 0 bridgehead atoms. The summed E-state index contributed by atoms with van der Waals surface area (Å²) in [6.45, 7) is 0. The van der Waals surface area contributed by atoms with Crippen molar-refractivity contribution in [3.8, 4) is 17.1 Å². The minimum atomic E-state index is -1.09. The Bertz CT molecular complexity index is 564. The fraction of sp³-hybridized carbons (Fsp3) is 0.0909. The van der Waals surface area contributed by atoms with E-state index in [1.54, 1.807) is 18.2 Å². The lowest BCUT2D eigenvalue weighted by molar-refractivity contribution is 0.0697. The third-order valence-electron chi connectivity index (χ3n) is 2.21. The average molecular weight is 298 g/mol. The van der Waals surface area contributed by atoms with E-state index in [1.807, 2.05) is 0 Å². The van der Waals surface area contributed by atoms with E-state index in [9.17, 15) is 4.79 Å². The van der Waals surface area contributed by atoms with E-state index in [2.05, 4.69) is 21.1 Å². The van der Waals surface area contributed by atoms with Crippen molar-refractivity contribution in [3.05, 3.63) is 34.4 Å². The van der Waals surface area contributed by atoms with Crippen LogP contribution in [0.25, 0.3) is 11.3 Å². The average Bonchev–Trinajstić information content (AvgIpc) is 2.77. The summed E-state index contributed by atoms with van der Waals surface area (Å²) in [6, 6.07) is 5.22. The minimum Gasteiger partial charge on any atom is -0.496 e. The molecule has 0 aliphatic rings. The third kappa shape index (κ3) is 2.16. The molecule has 0 fully saturated rings. The Balaban J connectivity index is 2.63. The molecule has 1 aromatic heterocycles. The van der Waals surface area contributed by atoms with Crippen LogP contribution in [0.4, 0.5) is 0 Å². The summed E-state index contributed by atoms with van der Waals surface area (Å²) in [4.78, 5) is 11.0. The van der Waals surface area contributed by atoms with Gasteiger partial charge >= 0.3 is 5.97 Å². The first kappa shape index (κ1) is 11.7. The van der Waals surface area contributed by atoms with Gasteiger partial charge in [0, 0.05) is 4.47 Å². The SMILES string of the molecule is COc1ccc(Br)cc1-c1oncc1C(=O)O. The Labute approximate surface area is 105 Å². The van der Waals surface area contributed by atoms with Gasteiger partial charge in [0.05, 0.1) is 18.9 Å². The summed E-state index contributed by atoms with van der Waals surface area (Å²) >= 11 is 3.31. The predicted molar refractivity (Wildman–Crippen MR) is 63.2 cm³/mol. The van der Waals surface area contributed by atoms with Crippen LogP contribution in [0.5, 0.6) is 5.75 Å². The van der Waals surface area contributed by atoms with Gasteiger partial charge in [-0.1, -0.05) is 21.1 Å². The maximum atomic E-state index is 11.0. The van der Waals surface area contributed by atoms with Crippen LogP contribution in [0.2, 0.25) is 0 Å². The second-order valence-electron chi connectivity index (χ2n) is 3.22. The number of methoxy groups -OCH3 is 1. The smallest absolute Gasteiger partial charge is 0.341 e. The Hall–Kier alpha value is -1.82. The molecule has 0 saturated heterocycles. The van der Waals surface area contributed by atoms with Gasteiger partial charge in [-0.15, -0.1) is 0 Å². The van der Waals surface area contributed by atoms with E-state index >= 15 is 0 Å². The number of halogens is 1. The molecule has 0 unspecified atom stereocenters.